The largest absolute Gasteiger partial charge is 0.379 e. The average Bonchev–Trinajstić information content (AvgIpc) is 2.54. The number of hydrogen-bond acceptors (Lipinski definition) is 3. The predicted octanol–water partition coefficient (Wildman–Crippen LogP) is 4.32. The lowest BCUT2D eigenvalue weighted by atomic mass is 9.81. The summed E-state index contributed by atoms with van der Waals surface area (Å²) in [4.78, 5) is 14.0. The van der Waals surface area contributed by atoms with Crippen molar-refractivity contribution in [3.05, 3.63) is 89.4 Å². The molecule has 2 aromatic carbocycles. The first-order chi connectivity index (χ1) is 10.6. The quantitative estimate of drug-likeness (QED) is 0.855. The van der Waals surface area contributed by atoms with Gasteiger partial charge in [-0.15, -0.1) is 6.58 Å². The van der Waals surface area contributed by atoms with Crippen LogP contribution in [0.15, 0.2) is 83.1 Å². The van der Waals surface area contributed by atoms with E-state index in [1.807, 2.05) is 48.5 Å². The van der Waals surface area contributed by atoms with E-state index in [1.54, 1.807) is 18.2 Å². The molecule has 0 saturated heterocycles. The number of allylic oxidation sites excluding steroid dienone is 1. The van der Waals surface area contributed by atoms with Crippen molar-refractivity contribution in [3.63, 3.8) is 0 Å². The maximum absolute atomic E-state index is 12.4. The van der Waals surface area contributed by atoms with Gasteiger partial charge in [0.15, 0.2) is 5.78 Å². The summed E-state index contributed by atoms with van der Waals surface area (Å²) in [6.45, 7) is 3.75. The van der Waals surface area contributed by atoms with Crippen molar-refractivity contribution in [2.75, 3.05) is 0 Å². The van der Waals surface area contributed by atoms with Crippen molar-refractivity contribution in [2.24, 2.45) is 0 Å². The molecular formula is C19H16O2S. The van der Waals surface area contributed by atoms with Crippen LogP contribution in [0.1, 0.15) is 22.3 Å². The highest BCUT2D eigenvalue weighted by Gasteiger charge is 2.39. The Morgan fingerprint density at radius 3 is 2.50 bits per heavy atom. The number of rotatable bonds is 4. The van der Waals surface area contributed by atoms with Crippen LogP contribution in [0.5, 0.6) is 0 Å². The number of aliphatic hydroxyl groups is 1. The lowest BCUT2D eigenvalue weighted by Crippen LogP contribution is -2.32. The van der Waals surface area contributed by atoms with Gasteiger partial charge < -0.3 is 5.11 Å². The molecule has 0 saturated carbocycles. The number of hydrogen-bond donors (Lipinski definition) is 1. The summed E-state index contributed by atoms with van der Waals surface area (Å²) in [5, 5.41) is 11.2. The van der Waals surface area contributed by atoms with Crippen molar-refractivity contribution in [1.82, 2.24) is 0 Å². The molecule has 3 rings (SSSR count). The number of benzene rings is 2. The van der Waals surface area contributed by atoms with Crippen LogP contribution in [0.25, 0.3) is 0 Å². The first-order valence-electron chi connectivity index (χ1n) is 7.07. The molecule has 0 radical (unpaired) electrons. The summed E-state index contributed by atoms with van der Waals surface area (Å²) >= 11 is 1.42. The summed E-state index contributed by atoms with van der Waals surface area (Å²) < 4.78 is 0. The van der Waals surface area contributed by atoms with Gasteiger partial charge >= 0.3 is 0 Å². The van der Waals surface area contributed by atoms with E-state index in [1.165, 1.54) is 11.8 Å². The Bertz CT molecular complexity index is 749. The van der Waals surface area contributed by atoms with Crippen molar-refractivity contribution in [2.45, 2.75) is 16.9 Å². The van der Waals surface area contributed by atoms with Gasteiger partial charge in [0.1, 0.15) is 5.60 Å². The fourth-order valence-electron chi connectivity index (χ4n) is 2.66. The summed E-state index contributed by atoms with van der Waals surface area (Å²) in [7, 11) is 0. The van der Waals surface area contributed by atoms with Crippen molar-refractivity contribution < 1.29 is 9.90 Å². The van der Waals surface area contributed by atoms with Gasteiger partial charge in [-0.1, -0.05) is 60.3 Å². The fourth-order valence-corrected chi connectivity index (χ4v) is 3.73. The highest BCUT2D eigenvalue weighted by molar-refractivity contribution is 8.03. The maximum Gasteiger partial charge on any atom is 0.187 e. The maximum atomic E-state index is 12.4. The number of ketones is 1. The molecule has 0 spiro atoms. The van der Waals surface area contributed by atoms with E-state index in [0.29, 0.717) is 22.5 Å². The smallest absolute Gasteiger partial charge is 0.187 e. The van der Waals surface area contributed by atoms with E-state index in [0.717, 1.165) is 4.90 Å². The monoisotopic (exact) mass is 308 g/mol. The van der Waals surface area contributed by atoms with Crippen molar-refractivity contribution >= 4 is 17.5 Å². The minimum Gasteiger partial charge on any atom is -0.379 e. The highest BCUT2D eigenvalue weighted by Crippen LogP contribution is 2.46. The number of carbonyl (C=O) groups excluding carboxylic acids is 1. The zero-order valence-electron chi connectivity index (χ0n) is 12.0. The van der Waals surface area contributed by atoms with E-state index in [9.17, 15) is 9.90 Å². The molecule has 1 N–H and O–H groups in total. The van der Waals surface area contributed by atoms with Crippen LogP contribution in [0.3, 0.4) is 0 Å². The van der Waals surface area contributed by atoms with Gasteiger partial charge in [0.05, 0.1) is 0 Å². The molecule has 1 unspecified atom stereocenters. The highest BCUT2D eigenvalue weighted by atomic mass is 32.2. The Morgan fingerprint density at radius 2 is 1.77 bits per heavy atom. The molecule has 2 aromatic rings. The summed E-state index contributed by atoms with van der Waals surface area (Å²) in [6.07, 6.45) is 3.60. The molecule has 0 amide bonds. The molecule has 2 nitrogen and oxygen atoms in total. The van der Waals surface area contributed by atoms with E-state index in [2.05, 4.69) is 6.58 Å². The van der Waals surface area contributed by atoms with Crippen LogP contribution >= 0.6 is 11.8 Å². The van der Waals surface area contributed by atoms with E-state index >= 15 is 0 Å². The molecule has 3 heteroatoms. The Kier molecular flexibility index (Phi) is 4.01. The van der Waals surface area contributed by atoms with Crippen molar-refractivity contribution in [3.8, 4) is 0 Å². The molecule has 0 aromatic heterocycles. The van der Waals surface area contributed by atoms with E-state index < -0.39 is 5.60 Å². The topological polar surface area (TPSA) is 37.3 Å². The second kappa shape index (κ2) is 5.95. The molecule has 1 atom stereocenters. The molecule has 0 bridgehead atoms. The molecule has 1 aliphatic carbocycles. The van der Waals surface area contributed by atoms with Gasteiger partial charge in [-0.3, -0.25) is 4.79 Å². The first kappa shape index (κ1) is 14.8. The standard InChI is InChI=1S/C19H16O2S/c1-2-12-19(21)16-11-7-6-10-15(16)17(20)13-18(19)22-14-8-4-3-5-9-14/h2-11,13,21H,1,12H2. The summed E-state index contributed by atoms with van der Waals surface area (Å²) in [5.41, 5.74) is 0.0114. The van der Waals surface area contributed by atoms with Gasteiger partial charge in [-0.05, 0) is 23.8 Å². The molecule has 0 heterocycles. The summed E-state index contributed by atoms with van der Waals surface area (Å²) in [5.74, 6) is -0.0669. The minimum absolute atomic E-state index is 0.0669. The Balaban J connectivity index is 2.08. The zero-order valence-corrected chi connectivity index (χ0v) is 12.8. The van der Waals surface area contributed by atoms with Crippen LogP contribution < -0.4 is 0 Å². The normalized spacial score (nSPS) is 20.2. The van der Waals surface area contributed by atoms with Gasteiger partial charge in [-0.2, -0.15) is 0 Å². The second-order valence-corrected chi connectivity index (χ2v) is 6.30. The van der Waals surface area contributed by atoms with Gasteiger partial charge in [0, 0.05) is 21.8 Å². The minimum atomic E-state index is -1.20. The average molecular weight is 308 g/mol. The van der Waals surface area contributed by atoms with Gasteiger partial charge in [0.2, 0.25) is 0 Å². The zero-order chi connectivity index (χ0) is 15.6. The van der Waals surface area contributed by atoms with Crippen LogP contribution in [0, 0.1) is 0 Å². The van der Waals surface area contributed by atoms with Crippen molar-refractivity contribution in [1.29, 1.82) is 0 Å². The number of carbonyl (C=O) groups is 1. The third kappa shape index (κ3) is 2.54. The van der Waals surface area contributed by atoms with Crippen LogP contribution in [-0.2, 0) is 5.60 Å². The van der Waals surface area contributed by atoms with Gasteiger partial charge in [-0.25, -0.2) is 0 Å². The van der Waals surface area contributed by atoms with Crippen LogP contribution in [0.2, 0.25) is 0 Å². The van der Waals surface area contributed by atoms with Crippen LogP contribution in [0.4, 0.5) is 0 Å². The van der Waals surface area contributed by atoms with Crippen LogP contribution in [-0.4, -0.2) is 10.9 Å². The first-order valence-corrected chi connectivity index (χ1v) is 7.89. The van der Waals surface area contributed by atoms with Gasteiger partial charge in [0.25, 0.3) is 0 Å². The fraction of sp³-hybridized carbons (Fsp3) is 0.105. The third-order valence-corrected chi connectivity index (χ3v) is 4.90. The molecule has 110 valence electrons. The van der Waals surface area contributed by atoms with E-state index in [-0.39, 0.29) is 5.78 Å². The molecule has 22 heavy (non-hydrogen) atoms. The molecule has 1 aliphatic rings. The SMILES string of the molecule is C=CCC1(O)C(Sc2ccccc2)=CC(=O)c2ccccc21. The third-order valence-electron chi connectivity index (χ3n) is 3.72. The molecule has 0 aliphatic heterocycles. The second-order valence-electron chi connectivity index (χ2n) is 5.19. The summed E-state index contributed by atoms with van der Waals surface area (Å²) in [6, 6.07) is 17.0. The Hall–Kier alpha value is -2.10. The molecule has 0 fully saturated rings. The lowest BCUT2D eigenvalue weighted by molar-refractivity contribution is 0.0800. The Labute approximate surface area is 134 Å². The number of thioether (sulfide) groups is 1. The lowest BCUT2D eigenvalue weighted by Gasteiger charge is -2.34. The predicted molar refractivity (Wildman–Crippen MR) is 89.9 cm³/mol. The Morgan fingerprint density at radius 1 is 1.09 bits per heavy atom. The molecular weight excluding hydrogens is 292 g/mol. The van der Waals surface area contributed by atoms with E-state index in [4.69, 9.17) is 0 Å². The number of fused-ring (bicyclic) bond motifs is 1.